The fourth-order valence-electron chi connectivity index (χ4n) is 4.46. The van der Waals surface area contributed by atoms with Crippen molar-refractivity contribution in [1.29, 1.82) is 0 Å². The first-order valence-electron chi connectivity index (χ1n) is 8.07. The van der Waals surface area contributed by atoms with Crippen molar-refractivity contribution >= 4 is 22.7 Å². The topological polar surface area (TPSA) is 3.24 Å². The molecule has 2 bridgehead atoms. The molecule has 0 aliphatic carbocycles. The van der Waals surface area contributed by atoms with Gasteiger partial charge >= 0.3 is 0 Å². The Morgan fingerprint density at radius 3 is 2.10 bits per heavy atom. The molecule has 0 spiro atoms. The fraction of sp³-hybridized carbons (Fsp3) is 0.556. The third-order valence-electron chi connectivity index (χ3n) is 5.66. The molecule has 3 heteroatoms. The van der Waals surface area contributed by atoms with Crippen LogP contribution >= 0.6 is 22.7 Å². The van der Waals surface area contributed by atoms with Gasteiger partial charge < -0.3 is 4.90 Å². The van der Waals surface area contributed by atoms with Crippen molar-refractivity contribution in [2.75, 3.05) is 7.05 Å². The largest absolute Gasteiger partial charge is 0.300 e. The molecular weight excluding hydrogens is 294 g/mol. The lowest BCUT2D eigenvalue weighted by atomic mass is 9.80. The normalized spacial score (nSPS) is 29.3. The van der Waals surface area contributed by atoms with Gasteiger partial charge in [-0.1, -0.05) is 0 Å². The minimum Gasteiger partial charge on any atom is -0.300 e. The van der Waals surface area contributed by atoms with Gasteiger partial charge in [0.1, 0.15) is 0 Å². The Hall–Kier alpha value is -0.640. The van der Waals surface area contributed by atoms with Gasteiger partial charge in [0.25, 0.3) is 0 Å². The van der Waals surface area contributed by atoms with Crippen LogP contribution in [0.25, 0.3) is 0 Å². The van der Waals surface area contributed by atoms with Crippen molar-refractivity contribution in [3.05, 3.63) is 44.8 Å². The minimum absolute atomic E-state index is 0.621. The number of nitrogens with zero attached hydrogens (tertiary/aromatic N) is 1. The van der Waals surface area contributed by atoms with E-state index in [1.807, 2.05) is 22.7 Å². The Bertz CT molecular complexity index is 512. The molecule has 0 N–H and O–H groups in total. The molecule has 2 aromatic rings. The molecule has 2 unspecified atom stereocenters. The standard InChI is InChI=1S/C18H23NS2/c1-19-16-2-3-17(19)9-13(8-16)10-18(14-4-6-20-11-14)15-5-7-21-12-15/h4-7,11-13,16-18H,2-3,8-10H2,1H3. The second-order valence-corrected chi connectivity index (χ2v) is 8.35. The molecule has 2 aliphatic heterocycles. The molecule has 0 aromatic carbocycles. The molecule has 4 rings (SSSR count). The van der Waals surface area contributed by atoms with Gasteiger partial charge in [0, 0.05) is 18.0 Å². The first kappa shape index (κ1) is 14.0. The first-order chi connectivity index (χ1) is 10.3. The van der Waals surface area contributed by atoms with Crippen LogP contribution in [0.1, 0.15) is 49.1 Å². The van der Waals surface area contributed by atoms with E-state index in [1.54, 1.807) is 0 Å². The van der Waals surface area contributed by atoms with E-state index in [1.165, 1.54) is 43.2 Å². The van der Waals surface area contributed by atoms with E-state index in [-0.39, 0.29) is 0 Å². The average molecular weight is 318 g/mol. The Balaban J connectivity index is 1.53. The summed E-state index contributed by atoms with van der Waals surface area (Å²) in [5.74, 6) is 1.53. The third-order valence-corrected chi connectivity index (χ3v) is 7.06. The quantitative estimate of drug-likeness (QED) is 0.748. The zero-order chi connectivity index (χ0) is 14.2. The van der Waals surface area contributed by atoms with Crippen molar-refractivity contribution in [3.63, 3.8) is 0 Å². The molecule has 2 atom stereocenters. The lowest BCUT2D eigenvalue weighted by Gasteiger charge is -2.37. The van der Waals surface area contributed by atoms with Gasteiger partial charge in [-0.2, -0.15) is 22.7 Å². The summed E-state index contributed by atoms with van der Waals surface area (Å²) in [5, 5.41) is 9.16. The zero-order valence-corrected chi connectivity index (χ0v) is 14.2. The summed E-state index contributed by atoms with van der Waals surface area (Å²) in [7, 11) is 2.34. The van der Waals surface area contributed by atoms with Crippen molar-refractivity contribution in [2.24, 2.45) is 5.92 Å². The van der Waals surface area contributed by atoms with Crippen LogP contribution in [0.15, 0.2) is 33.7 Å². The molecule has 4 heterocycles. The Morgan fingerprint density at radius 2 is 1.62 bits per heavy atom. The molecule has 2 fully saturated rings. The maximum atomic E-state index is 2.65. The number of hydrogen-bond acceptors (Lipinski definition) is 3. The smallest absolute Gasteiger partial charge is 0.0108 e. The minimum atomic E-state index is 0.621. The highest BCUT2D eigenvalue weighted by molar-refractivity contribution is 7.08. The number of fused-ring (bicyclic) bond motifs is 2. The predicted octanol–water partition coefficient (Wildman–Crippen LogP) is 5.20. The molecule has 0 saturated carbocycles. The van der Waals surface area contributed by atoms with Crippen LogP contribution < -0.4 is 0 Å². The monoisotopic (exact) mass is 317 g/mol. The van der Waals surface area contributed by atoms with Crippen LogP contribution in [0.4, 0.5) is 0 Å². The summed E-state index contributed by atoms with van der Waals surface area (Å²) < 4.78 is 0. The molecule has 2 saturated heterocycles. The SMILES string of the molecule is CN1C2CCC1CC(CC(c1ccsc1)c1ccsc1)C2. The molecule has 2 aromatic heterocycles. The van der Waals surface area contributed by atoms with Crippen LogP contribution in [0.2, 0.25) is 0 Å². The maximum absolute atomic E-state index is 2.65. The summed E-state index contributed by atoms with van der Waals surface area (Å²) in [5.41, 5.74) is 3.06. The van der Waals surface area contributed by atoms with Gasteiger partial charge in [-0.3, -0.25) is 0 Å². The molecule has 2 aliphatic rings. The average Bonchev–Trinajstić information content (AvgIpc) is 3.20. The second kappa shape index (κ2) is 5.86. The van der Waals surface area contributed by atoms with Gasteiger partial charge in [-0.05, 0) is 89.8 Å². The zero-order valence-electron chi connectivity index (χ0n) is 12.6. The van der Waals surface area contributed by atoms with Gasteiger partial charge in [0.2, 0.25) is 0 Å². The highest BCUT2D eigenvalue weighted by atomic mass is 32.1. The molecule has 0 radical (unpaired) electrons. The van der Waals surface area contributed by atoms with Gasteiger partial charge in [-0.25, -0.2) is 0 Å². The van der Waals surface area contributed by atoms with E-state index in [4.69, 9.17) is 0 Å². The van der Waals surface area contributed by atoms with E-state index in [9.17, 15) is 0 Å². The molecule has 1 nitrogen and oxygen atoms in total. The number of piperidine rings is 1. The first-order valence-corrected chi connectivity index (χ1v) is 9.96. The summed E-state index contributed by atoms with van der Waals surface area (Å²) in [6.45, 7) is 0. The second-order valence-electron chi connectivity index (χ2n) is 6.79. The summed E-state index contributed by atoms with van der Waals surface area (Å²) in [6, 6.07) is 6.38. The maximum Gasteiger partial charge on any atom is 0.0108 e. The highest BCUT2D eigenvalue weighted by Crippen LogP contribution is 2.43. The number of thiophene rings is 2. The Morgan fingerprint density at radius 1 is 1.05 bits per heavy atom. The molecule has 21 heavy (non-hydrogen) atoms. The lowest BCUT2D eigenvalue weighted by Crippen LogP contribution is -2.40. The van der Waals surface area contributed by atoms with Crippen molar-refractivity contribution in [2.45, 2.75) is 50.1 Å². The number of hydrogen-bond donors (Lipinski definition) is 0. The van der Waals surface area contributed by atoms with Crippen LogP contribution in [0, 0.1) is 5.92 Å². The van der Waals surface area contributed by atoms with E-state index in [0.717, 1.165) is 18.0 Å². The van der Waals surface area contributed by atoms with Gasteiger partial charge in [0.05, 0.1) is 0 Å². The van der Waals surface area contributed by atoms with Crippen LogP contribution in [-0.2, 0) is 0 Å². The van der Waals surface area contributed by atoms with Crippen molar-refractivity contribution in [1.82, 2.24) is 4.90 Å². The van der Waals surface area contributed by atoms with Crippen molar-refractivity contribution < 1.29 is 0 Å². The van der Waals surface area contributed by atoms with E-state index < -0.39 is 0 Å². The highest BCUT2D eigenvalue weighted by Gasteiger charge is 2.39. The molecular formula is C18H23NS2. The van der Waals surface area contributed by atoms with Crippen molar-refractivity contribution in [3.8, 4) is 0 Å². The van der Waals surface area contributed by atoms with E-state index in [2.05, 4.69) is 45.6 Å². The predicted molar refractivity (Wildman–Crippen MR) is 92.4 cm³/mol. The molecule has 112 valence electrons. The van der Waals surface area contributed by atoms with E-state index in [0.29, 0.717) is 5.92 Å². The third kappa shape index (κ3) is 2.71. The Kier molecular flexibility index (Phi) is 3.91. The van der Waals surface area contributed by atoms with E-state index >= 15 is 0 Å². The van der Waals surface area contributed by atoms with Gasteiger partial charge in [0.15, 0.2) is 0 Å². The summed E-state index contributed by atoms with van der Waals surface area (Å²) in [6.07, 6.45) is 7.03. The summed E-state index contributed by atoms with van der Waals surface area (Å²) in [4.78, 5) is 2.65. The van der Waals surface area contributed by atoms with Crippen LogP contribution in [0.5, 0.6) is 0 Å². The lowest BCUT2D eigenvalue weighted by molar-refractivity contribution is 0.127. The molecule has 0 amide bonds. The fourth-order valence-corrected chi connectivity index (χ4v) is 5.89. The summed E-state index contributed by atoms with van der Waals surface area (Å²) >= 11 is 3.67. The van der Waals surface area contributed by atoms with Gasteiger partial charge in [-0.15, -0.1) is 0 Å². The Labute approximate surface area is 135 Å². The number of rotatable bonds is 4. The van der Waals surface area contributed by atoms with Crippen LogP contribution in [0.3, 0.4) is 0 Å². The van der Waals surface area contributed by atoms with Crippen LogP contribution in [-0.4, -0.2) is 24.0 Å².